The second-order valence-corrected chi connectivity index (χ2v) is 6.17. The van der Waals surface area contributed by atoms with E-state index in [0.29, 0.717) is 0 Å². The molecule has 7 heteroatoms. The van der Waals surface area contributed by atoms with E-state index in [9.17, 15) is 9.59 Å². The number of hydrazine groups is 1. The van der Waals surface area contributed by atoms with Gasteiger partial charge < -0.3 is 15.1 Å². The number of hydrogen-bond donors (Lipinski definition) is 4. The van der Waals surface area contributed by atoms with Crippen molar-refractivity contribution in [3.63, 3.8) is 0 Å². The normalized spacial score (nSPS) is 20.9. The Hall–Kier alpha value is -2.64. The van der Waals surface area contributed by atoms with Crippen molar-refractivity contribution in [3.05, 3.63) is 59.5 Å². The van der Waals surface area contributed by atoms with Crippen LogP contribution in [0.3, 0.4) is 0 Å². The van der Waals surface area contributed by atoms with Gasteiger partial charge in [-0.25, -0.2) is 10.9 Å². The molecule has 1 saturated heterocycles. The van der Waals surface area contributed by atoms with Crippen LogP contribution in [0.5, 0.6) is 0 Å². The Kier molecular flexibility index (Phi) is 5.16. The quantitative estimate of drug-likeness (QED) is 0.659. The molecule has 1 aromatic heterocycles. The Morgan fingerprint density at radius 3 is 2.72 bits per heavy atom. The first kappa shape index (κ1) is 17.2. The van der Waals surface area contributed by atoms with Crippen LogP contribution in [0, 0.1) is 6.92 Å². The van der Waals surface area contributed by atoms with Crippen LogP contribution in [0.4, 0.5) is 0 Å². The summed E-state index contributed by atoms with van der Waals surface area (Å²) in [7, 11) is 0. The number of nitrogens with one attached hydrogen (secondary N) is 4. The van der Waals surface area contributed by atoms with E-state index in [4.69, 9.17) is 4.42 Å². The molecule has 0 radical (unpaired) electrons. The van der Waals surface area contributed by atoms with Gasteiger partial charge in [0.2, 0.25) is 5.91 Å². The summed E-state index contributed by atoms with van der Waals surface area (Å²) in [6.45, 7) is 3.70. The maximum absolute atomic E-state index is 12.3. The van der Waals surface area contributed by atoms with Crippen molar-refractivity contribution in [1.29, 1.82) is 0 Å². The summed E-state index contributed by atoms with van der Waals surface area (Å²) in [5.41, 5.74) is 8.69. The fraction of sp³-hybridized carbons (Fsp3) is 0.333. The van der Waals surface area contributed by atoms with Crippen molar-refractivity contribution in [2.24, 2.45) is 0 Å². The lowest BCUT2D eigenvalue weighted by atomic mass is 9.99. The molecule has 3 atom stereocenters. The minimum absolute atomic E-state index is 0.125. The van der Waals surface area contributed by atoms with E-state index in [-0.39, 0.29) is 23.9 Å². The average molecular weight is 342 g/mol. The van der Waals surface area contributed by atoms with Crippen LogP contribution in [0.15, 0.2) is 47.1 Å². The molecule has 1 aromatic carbocycles. The van der Waals surface area contributed by atoms with Crippen molar-refractivity contribution in [1.82, 2.24) is 21.5 Å². The van der Waals surface area contributed by atoms with Crippen LogP contribution in [0.25, 0.3) is 0 Å². The largest absolute Gasteiger partial charge is 0.459 e. The van der Waals surface area contributed by atoms with Crippen molar-refractivity contribution in [2.45, 2.75) is 38.5 Å². The smallest absolute Gasteiger partial charge is 0.287 e. The topological polar surface area (TPSA) is 95.4 Å². The number of furan rings is 1. The fourth-order valence-corrected chi connectivity index (χ4v) is 2.87. The predicted octanol–water partition coefficient (Wildman–Crippen LogP) is 1.39. The molecule has 3 unspecified atom stereocenters. The maximum Gasteiger partial charge on any atom is 0.287 e. The Labute approximate surface area is 146 Å². The summed E-state index contributed by atoms with van der Waals surface area (Å²) in [4.78, 5) is 24.2. The monoisotopic (exact) mass is 342 g/mol. The summed E-state index contributed by atoms with van der Waals surface area (Å²) in [6.07, 6.45) is 1.93. The van der Waals surface area contributed by atoms with Gasteiger partial charge in [0, 0.05) is 12.5 Å². The summed E-state index contributed by atoms with van der Waals surface area (Å²) in [5, 5.41) is 5.51. The Morgan fingerprint density at radius 1 is 1.20 bits per heavy atom. The molecule has 2 aromatic rings. The van der Waals surface area contributed by atoms with E-state index >= 15 is 0 Å². The molecule has 4 N–H and O–H groups in total. The highest BCUT2D eigenvalue weighted by Gasteiger charge is 2.28. The number of benzene rings is 1. The zero-order valence-electron chi connectivity index (χ0n) is 14.2. The van der Waals surface area contributed by atoms with Crippen molar-refractivity contribution < 1.29 is 14.0 Å². The first-order valence-electron chi connectivity index (χ1n) is 8.26. The van der Waals surface area contributed by atoms with Crippen LogP contribution >= 0.6 is 0 Å². The highest BCUT2D eigenvalue weighted by molar-refractivity contribution is 5.95. The van der Waals surface area contributed by atoms with Gasteiger partial charge in [0.15, 0.2) is 5.76 Å². The first-order valence-corrected chi connectivity index (χ1v) is 8.26. The molecule has 0 bridgehead atoms. The van der Waals surface area contributed by atoms with Crippen molar-refractivity contribution in [3.8, 4) is 0 Å². The van der Waals surface area contributed by atoms with Crippen LogP contribution < -0.4 is 21.5 Å². The molecule has 7 nitrogen and oxygen atoms in total. The molecule has 1 aliphatic heterocycles. The molecule has 1 fully saturated rings. The molecule has 0 spiro atoms. The molecule has 132 valence electrons. The summed E-state index contributed by atoms with van der Waals surface area (Å²) >= 11 is 0. The minimum Gasteiger partial charge on any atom is -0.459 e. The molecule has 2 heterocycles. The highest BCUT2D eigenvalue weighted by atomic mass is 16.3. The number of carbonyl (C=O) groups excluding carboxylic acids is 2. The zero-order valence-corrected chi connectivity index (χ0v) is 14.2. The van der Waals surface area contributed by atoms with Gasteiger partial charge in [0.25, 0.3) is 5.91 Å². The number of aryl methyl sites for hydroxylation is 1. The van der Waals surface area contributed by atoms with Crippen LogP contribution in [0.2, 0.25) is 0 Å². The van der Waals surface area contributed by atoms with Gasteiger partial charge in [-0.1, -0.05) is 24.3 Å². The lowest BCUT2D eigenvalue weighted by molar-refractivity contribution is -0.123. The number of amides is 2. The van der Waals surface area contributed by atoms with E-state index in [1.807, 2.05) is 12.1 Å². The summed E-state index contributed by atoms with van der Waals surface area (Å²) in [5.74, 6) is -0.493. The maximum atomic E-state index is 12.3. The van der Waals surface area contributed by atoms with Crippen LogP contribution in [0.1, 0.15) is 41.1 Å². The summed E-state index contributed by atoms with van der Waals surface area (Å²) < 4.78 is 5.02. The van der Waals surface area contributed by atoms with Gasteiger partial charge in [0.1, 0.15) is 6.04 Å². The third-order valence-corrected chi connectivity index (χ3v) is 4.27. The lowest BCUT2D eigenvalue weighted by Crippen LogP contribution is -2.51. The van der Waals surface area contributed by atoms with Crippen LogP contribution in [-0.2, 0) is 4.79 Å². The molecule has 3 rings (SSSR count). The average Bonchev–Trinajstić information content (AvgIpc) is 3.27. The number of carbonyl (C=O) groups is 2. The second-order valence-electron chi connectivity index (χ2n) is 6.17. The molecule has 2 amide bonds. The first-order chi connectivity index (χ1) is 12.0. The minimum atomic E-state index is -0.670. The number of rotatable bonds is 5. The van der Waals surface area contributed by atoms with Gasteiger partial charge in [0.05, 0.1) is 12.4 Å². The summed E-state index contributed by atoms with van der Waals surface area (Å²) in [6, 6.07) is 10.8. The predicted molar refractivity (Wildman–Crippen MR) is 92.4 cm³/mol. The van der Waals surface area contributed by atoms with E-state index in [2.05, 4.69) is 40.5 Å². The molecular formula is C18H22N4O3. The molecule has 1 aliphatic rings. The van der Waals surface area contributed by atoms with E-state index in [1.165, 1.54) is 17.4 Å². The van der Waals surface area contributed by atoms with Crippen molar-refractivity contribution in [2.75, 3.05) is 0 Å². The van der Waals surface area contributed by atoms with E-state index < -0.39 is 11.9 Å². The molecular weight excluding hydrogens is 320 g/mol. The van der Waals surface area contributed by atoms with Gasteiger partial charge in [-0.15, -0.1) is 0 Å². The van der Waals surface area contributed by atoms with Gasteiger partial charge in [-0.2, -0.15) is 0 Å². The van der Waals surface area contributed by atoms with E-state index in [0.717, 1.165) is 6.42 Å². The molecule has 0 saturated carbocycles. The second kappa shape index (κ2) is 7.50. The standard InChI is InChI=1S/C18H22N4O3/c1-11-6-3-4-7-13(11)14-10-16(22-21-14)20-17(23)12(2)19-18(24)15-8-5-9-25-15/h3-9,12,14,16,21-22H,10H2,1-2H3,(H,19,24)(H,20,23). The third kappa shape index (κ3) is 4.07. The molecule has 25 heavy (non-hydrogen) atoms. The zero-order chi connectivity index (χ0) is 17.8. The Balaban J connectivity index is 1.52. The Bertz CT molecular complexity index is 745. The third-order valence-electron chi connectivity index (χ3n) is 4.27. The van der Waals surface area contributed by atoms with Gasteiger partial charge in [-0.3, -0.25) is 9.59 Å². The van der Waals surface area contributed by atoms with Crippen LogP contribution in [-0.4, -0.2) is 24.0 Å². The van der Waals surface area contributed by atoms with Gasteiger partial charge in [-0.05, 0) is 37.1 Å². The molecule has 0 aliphatic carbocycles. The Morgan fingerprint density at radius 2 is 2.00 bits per heavy atom. The van der Waals surface area contributed by atoms with Gasteiger partial charge >= 0.3 is 0 Å². The fourth-order valence-electron chi connectivity index (χ4n) is 2.87. The SMILES string of the molecule is Cc1ccccc1C1CC(NC(=O)C(C)NC(=O)c2ccco2)NN1. The lowest BCUT2D eigenvalue weighted by Gasteiger charge is -2.17. The van der Waals surface area contributed by atoms with E-state index in [1.54, 1.807) is 19.1 Å². The van der Waals surface area contributed by atoms with Crippen molar-refractivity contribution >= 4 is 11.8 Å². The highest BCUT2D eigenvalue weighted by Crippen LogP contribution is 2.23. The number of hydrogen-bond acceptors (Lipinski definition) is 5.